The maximum Gasteiger partial charge on any atom is 0.261 e. The molecule has 33 heavy (non-hydrogen) atoms. The zero-order valence-corrected chi connectivity index (χ0v) is 19.9. The van der Waals surface area contributed by atoms with Crippen molar-refractivity contribution in [3.8, 4) is 11.1 Å². The predicted molar refractivity (Wildman–Crippen MR) is 131 cm³/mol. The molecule has 4 aromatic rings. The molecule has 0 fully saturated rings. The van der Waals surface area contributed by atoms with Crippen LogP contribution >= 0.6 is 11.3 Å². The Morgan fingerprint density at radius 1 is 1.15 bits per heavy atom. The molecule has 0 unspecified atom stereocenters. The van der Waals surface area contributed by atoms with Crippen molar-refractivity contribution in [3.63, 3.8) is 0 Å². The molecule has 0 aliphatic rings. The van der Waals surface area contributed by atoms with E-state index in [0.29, 0.717) is 17.4 Å². The molecule has 4 rings (SSSR count). The quantitative estimate of drug-likeness (QED) is 0.434. The van der Waals surface area contributed by atoms with Gasteiger partial charge >= 0.3 is 0 Å². The second-order valence-electron chi connectivity index (χ2n) is 8.19. The average Bonchev–Trinajstić information content (AvgIpc) is 3.11. The van der Waals surface area contributed by atoms with E-state index in [1.807, 2.05) is 45.0 Å². The number of hydrogen-bond acceptors (Lipinski definition) is 7. The lowest BCUT2D eigenvalue weighted by molar-refractivity contribution is -0.121. The van der Waals surface area contributed by atoms with Crippen LogP contribution in [-0.4, -0.2) is 25.4 Å². The van der Waals surface area contributed by atoms with Gasteiger partial charge in [0, 0.05) is 23.2 Å². The normalized spacial score (nSPS) is 12.1. The molecule has 3 N–H and O–H groups in total. The van der Waals surface area contributed by atoms with Crippen LogP contribution in [0.15, 0.2) is 41.6 Å². The van der Waals surface area contributed by atoms with Gasteiger partial charge in [0.15, 0.2) is 0 Å². The Bertz CT molecular complexity index is 1410. The van der Waals surface area contributed by atoms with Gasteiger partial charge in [-0.15, -0.1) is 11.3 Å². The Kier molecular flexibility index (Phi) is 6.24. The van der Waals surface area contributed by atoms with Crippen LogP contribution < -0.4 is 16.6 Å². The van der Waals surface area contributed by atoms with Crippen LogP contribution in [0.4, 0.5) is 5.69 Å². The van der Waals surface area contributed by atoms with Crippen molar-refractivity contribution in [1.82, 2.24) is 19.5 Å². The minimum atomic E-state index is -0.467. The highest BCUT2D eigenvalue weighted by atomic mass is 32.1. The molecule has 3 aromatic heterocycles. The van der Waals surface area contributed by atoms with Crippen molar-refractivity contribution in [2.24, 2.45) is 11.7 Å². The lowest BCUT2D eigenvalue weighted by atomic mass is 10.0. The van der Waals surface area contributed by atoms with E-state index in [0.717, 1.165) is 33.2 Å². The van der Waals surface area contributed by atoms with Gasteiger partial charge in [-0.1, -0.05) is 13.0 Å². The largest absolute Gasteiger partial charge is 0.379 e. The second kappa shape index (κ2) is 9.11. The minimum absolute atomic E-state index is 0.192. The topological polar surface area (TPSA) is 116 Å². The smallest absolute Gasteiger partial charge is 0.261 e. The van der Waals surface area contributed by atoms with Crippen molar-refractivity contribution in [3.05, 3.63) is 68.4 Å². The molecule has 0 bridgehead atoms. The van der Waals surface area contributed by atoms with Crippen molar-refractivity contribution in [1.29, 1.82) is 0 Å². The number of amides is 1. The van der Waals surface area contributed by atoms with E-state index in [4.69, 9.17) is 5.73 Å². The van der Waals surface area contributed by atoms with Crippen LogP contribution in [0.3, 0.4) is 0 Å². The number of thiazole rings is 1. The molecule has 1 atom stereocenters. The summed E-state index contributed by atoms with van der Waals surface area (Å²) in [7, 11) is 0. The number of nitrogens with two attached hydrogens (primary N) is 1. The van der Waals surface area contributed by atoms with E-state index in [1.165, 1.54) is 15.8 Å². The van der Waals surface area contributed by atoms with Gasteiger partial charge in [-0.3, -0.25) is 19.1 Å². The summed E-state index contributed by atoms with van der Waals surface area (Å²) in [4.78, 5) is 39.0. The monoisotopic (exact) mass is 462 g/mol. The van der Waals surface area contributed by atoms with Gasteiger partial charge in [0.2, 0.25) is 5.91 Å². The van der Waals surface area contributed by atoms with Crippen molar-refractivity contribution >= 4 is 33.8 Å². The Morgan fingerprint density at radius 2 is 1.94 bits per heavy atom. The Morgan fingerprint density at radius 3 is 2.64 bits per heavy atom. The number of benzene rings is 1. The number of aromatic nitrogens is 4. The molecular weight excluding hydrogens is 436 g/mol. The molecule has 9 heteroatoms. The van der Waals surface area contributed by atoms with Crippen LogP contribution in [0.25, 0.3) is 22.0 Å². The highest BCUT2D eigenvalue weighted by molar-refractivity contribution is 7.11. The molecule has 1 aromatic carbocycles. The number of carbonyl (C=O) groups is 1. The zero-order chi connectivity index (χ0) is 23.7. The molecule has 0 aliphatic carbocycles. The summed E-state index contributed by atoms with van der Waals surface area (Å²) in [6.07, 6.45) is 3.26. The third-order valence-corrected chi connectivity index (χ3v) is 6.71. The first kappa shape index (κ1) is 22.6. The summed E-state index contributed by atoms with van der Waals surface area (Å²) in [5.41, 5.74) is 10.4. The summed E-state index contributed by atoms with van der Waals surface area (Å²) in [5, 5.41) is 5.00. The van der Waals surface area contributed by atoms with Gasteiger partial charge in [-0.2, -0.15) is 0 Å². The van der Waals surface area contributed by atoms with Crippen molar-refractivity contribution in [2.75, 3.05) is 5.32 Å². The number of nitrogens with zero attached hydrogens (tertiary/aromatic N) is 4. The zero-order valence-electron chi connectivity index (χ0n) is 19.0. The van der Waals surface area contributed by atoms with E-state index < -0.39 is 11.8 Å². The van der Waals surface area contributed by atoms with Crippen LogP contribution in [-0.2, 0) is 17.9 Å². The van der Waals surface area contributed by atoms with Gasteiger partial charge in [0.25, 0.3) is 5.56 Å². The summed E-state index contributed by atoms with van der Waals surface area (Å²) in [6, 6.07) is 7.61. The highest BCUT2D eigenvalue weighted by Crippen LogP contribution is 2.27. The summed E-state index contributed by atoms with van der Waals surface area (Å²) in [6.45, 7) is 8.54. The molecule has 1 amide bonds. The summed E-state index contributed by atoms with van der Waals surface area (Å²) in [5.74, 6) is -0.920. The minimum Gasteiger partial charge on any atom is -0.379 e. The van der Waals surface area contributed by atoms with Gasteiger partial charge in [0.05, 0.1) is 51.8 Å². The molecule has 0 spiro atoms. The third-order valence-electron chi connectivity index (χ3n) is 5.64. The van der Waals surface area contributed by atoms with Crippen LogP contribution in [0.2, 0.25) is 0 Å². The van der Waals surface area contributed by atoms with E-state index in [9.17, 15) is 9.59 Å². The van der Waals surface area contributed by atoms with Crippen LogP contribution in [0.5, 0.6) is 0 Å². The highest BCUT2D eigenvalue weighted by Gasteiger charge is 2.13. The van der Waals surface area contributed by atoms with Crippen LogP contribution in [0.1, 0.15) is 28.2 Å². The Balaban J connectivity index is 1.66. The number of nitrogens with one attached hydrogen (secondary N) is 1. The van der Waals surface area contributed by atoms with E-state index in [-0.39, 0.29) is 12.1 Å². The number of rotatable bonds is 7. The maximum atomic E-state index is 13.0. The SMILES string of the molecule is Cc1nc(C)c(CNc2cc(-c3ccc4ncn(C[C@@H](C)C(N)=O)c(=O)c4c3)cnc2C)s1. The van der Waals surface area contributed by atoms with E-state index in [1.54, 1.807) is 24.5 Å². The van der Waals surface area contributed by atoms with Crippen molar-refractivity contribution in [2.45, 2.75) is 40.8 Å². The fourth-order valence-corrected chi connectivity index (χ4v) is 4.51. The molecule has 0 saturated heterocycles. The van der Waals surface area contributed by atoms with Gasteiger partial charge < -0.3 is 11.1 Å². The summed E-state index contributed by atoms with van der Waals surface area (Å²) < 4.78 is 1.43. The van der Waals surface area contributed by atoms with E-state index >= 15 is 0 Å². The molecule has 0 aliphatic heterocycles. The molecule has 0 saturated carbocycles. The molecular formula is C24H26N6O2S. The lowest BCUT2D eigenvalue weighted by Crippen LogP contribution is -2.30. The molecule has 3 heterocycles. The lowest BCUT2D eigenvalue weighted by Gasteiger charge is -2.12. The molecule has 170 valence electrons. The predicted octanol–water partition coefficient (Wildman–Crippen LogP) is 3.57. The van der Waals surface area contributed by atoms with Crippen LogP contribution in [0, 0.1) is 26.7 Å². The summed E-state index contributed by atoms with van der Waals surface area (Å²) >= 11 is 1.68. The number of hydrogen-bond donors (Lipinski definition) is 2. The standard InChI is InChI=1S/C24H26N6O2S/c1-13(23(25)31)11-30-12-28-20-6-5-17(7-19(20)24(30)32)18-8-21(14(2)26-9-18)27-10-22-15(3)29-16(4)33-22/h5-9,12-13,27H,10-11H2,1-4H3,(H2,25,31)/t13-/m1/s1. The first-order valence-electron chi connectivity index (χ1n) is 10.6. The Hall–Kier alpha value is -3.59. The van der Waals surface area contributed by atoms with Gasteiger partial charge in [0.1, 0.15) is 0 Å². The average molecular weight is 463 g/mol. The number of aryl methyl sites for hydroxylation is 3. The van der Waals surface area contributed by atoms with E-state index in [2.05, 4.69) is 20.3 Å². The first-order valence-corrected chi connectivity index (χ1v) is 11.5. The van der Waals surface area contributed by atoms with Gasteiger partial charge in [-0.05, 0) is 44.5 Å². The van der Waals surface area contributed by atoms with Gasteiger partial charge in [-0.25, -0.2) is 9.97 Å². The molecule has 0 radical (unpaired) electrons. The number of anilines is 1. The fourth-order valence-electron chi connectivity index (χ4n) is 3.64. The number of fused-ring (bicyclic) bond motifs is 1. The number of carbonyl (C=O) groups excluding carboxylic acids is 1. The second-order valence-corrected chi connectivity index (χ2v) is 9.48. The number of primary amides is 1. The fraction of sp³-hybridized carbons (Fsp3) is 0.292. The van der Waals surface area contributed by atoms with Crippen molar-refractivity contribution < 1.29 is 4.79 Å². The first-order chi connectivity index (χ1) is 15.7. The maximum absolute atomic E-state index is 13.0. The Labute approximate surface area is 195 Å². The molecule has 8 nitrogen and oxygen atoms in total. The third kappa shape index (κ3) is 4.78. The number of pyridine rings is 1.